The van der Waals surface area contributed by atoms with E-state index in [0.29, 0.717) is 0 Å². The van der Waals surface area contributed by atoms with Crippen LogP contribution in [0, 0.1) is 0 Å². The number of aromatic hydroxyl groups is 1. The molecule has 0 aliphatic rings. The number of ether oxygens (including phenoxy) is 2. The maximum absolute atomic E-state index is 11.7. The van der Waals surface area contributed by atoms with E-state index in [1.807, 2.05) is 0 Å². The van der Waals surface area contributed by atoms with Crippen LogP contribution in [0.3, 0.4) is 0 Å². The van der Waals surface area contributed by atoms with Gasteiger partial charge in [-0.05, 0) is 0 Å². The second-order valence-corrected chi connectivity index (χ2v) is 3.14. The Bertz CT molecular complexity index is 530. The maximum Gasteiger partial charge on any atom is 0.344 e. The Morgan fingerprint density at radius 3 is 2.24 bits per heavy atom. The van der Waals surface area contributed by atoms with E-state index in [1.165, 1.54) is 7.05 Å². The summed E-state index contributed by atoms with van der Waals surface area (Å²) in [5.41, 5.74) is -1.64. The first kappa shape index (κ1) is 12.8. The van der Waals surface area contributed by atoms with Crippen molar-refractivity contribution in [3.8, 4) is 5.88 Å². The predicted octanol–water partition coefficient (Wildman–Crippen LogP) is -0.336. The quantitative estimate of drug-likeness (QED) is 0.712. The number of carbonyl (C=O) groups excluding carboxylic acids is 2. The number of pyridine rings is 1. The summed E-state index contributed by atoms with van der Waals surface area (Å²) in [5, 5.41) is 9.41. The SMILES string of the molecule is COC(=O)c1cc(O)n(C)c(=O)c1C(=O)OC. The molecule has 7 heteroatoms. The molecule has 92 valence electrons. The molecule has 1 rings (SSSR count). The van der Waals surface area contributed by atoms with Crippen molar-refractivity contribution in [3.05, 3.63) is 27.5 Å². The molecule has 0 aromatic carbocycles. The lowest BCUT2D eigenvalue weighted by Crippen LogP contribution is -2.28. The van der Waals surface area contributed by atoms with Gasteiger partial charge in [-0.1, -0.05) is 0 Å². The van der Waals surface area contributed by atoms with Crippen molar-refractivity contribution in [2.24, 2.45) is 7.05 Å². The van der Waals surface area contributed by atoms with Crippen LogP contribution in [0.2, 0.25) is 0 Å². The summed E-state index contributed by atoms with van der Waals surface area (Å²) < 4.78 is 9.64. The molecule has 0 bridgehead atoms. The number of aromatic nitrogens is 1. The van der Waals surface area contributed by atoms with Crippen LogP contribution in [0.4, 0.5) is 0 Å². The zero-order valence-electron chi connectivity index (χ0n) is 9.51. The molecule has 0 amide bonds. The third-order valence-corrected chi connectivity index (χ3v) is 2.20. The van der Waals surface area contributed by atoms with Gasteiger partial charge in [-0.2, -0.15) is 0 Å². The van der Waals surface area contributed by atoms with E-state index in [2.05, 4.69) is 9.47 Å². The van der Waals surface area contributed by atoms with E-state index < -0.39 is 28.9 Å². The highest BCUT2D eigenvalue weighted by Gasteiger charge is 2.24. The molecule has 7 nitrogen and oxygen atoms in total. The van der Waals surface area contributed by atoms with E-state index in [4.69, 9.17) is 0 Å². The van der Waals surface area contributed by atoms with Crippen LogP contribution in [0.15, 0.2) is 10.9 Å². The second kappa shape index (κ2) is 4.69. The van der Waals surface area contributed by atoms with Crippen molar-refractivity contribution in [2.45, 2.75) is 0 Å². The monoisotopic (exact) mass is 241 g/mol. The molecule has 0 aliphatic carbocycles. The zero-order chi connectivity index (χ0) is 13.2. The minimum Gasteiger partial charge on any atom is -0.494 e. The molecule has 1 aromatic heterocycles. The summed E-state index contributed by atoms with van der Waals surface area (Å²) in [6, 6.07) is 0.972. The third kappa shape index (κ3) is 2.12. The van der Waals surface area contributed by atoms with Gasteiger partial charge >= 0.3 is 11.9 Å². The van der Waals surface area contributed by atoms with Gasteiger partial charge in [0.2, 0.25) is 0 Å². The summed E-state index contributed by atoms with van der Waals surface area (Å²) >= 11 is 0. The fourth-order valence-electron chi connectivity index (χ4n) is 1.26. The number of carbonyl (C=O) groups is 2. The lowest BCUT2D eigenvalue weighted by atomic mass is 10.1. The minimum atomic E-state index is -0.967. The summed E-state index contributed by atoms with van der Waals surface area (Å²) in [6.07, 6.45) is 0. The first-order chi connectivity index (χ1) is 7.93. The van der Waals surface area contributed by atoms with Crippen LogP contribution in [0.5, 0.6) is 5.88 Å². The van der Waals surface area contributed by atoms with E-state index >= 15 is 0 Å². The normalized spacial score (nSPS) is 9.82. The lowest BCUT2D eigenvalue weighted by Gasteiger charge is -2.09. The van der Waals surface area contributed by atoms with Gasteiger partial charge in [-0.15, -0.1) is 0 Å². The van der Waals surface area contributed by atoms with Crippen molar-refractivity contribution < 1.29 is 24.2 Å². The first-order valence-corrected chi connectivity index (χ1v) is 4.53. The molecule has 1 aromatic rings. The zero-order valence-corrected chi connectivity index (χ0v) is 9.51. The Morgan fingerprint density at radius 1 is 1.24 bits per heavy atom. The molecule has 0 saturated heterocycles. The summed E-state index contributed by atoms with van der Waals surface area (Å²) in [5.74, 6) is -2.33. The highest BCUT2D eigenvalue weighted by Crippen LogP contribution is 2.14. The van der Waals surface area contributed by atoms with Crippen LogP contribution in [-0.2, 0) is 16.5 Å². The van der Waals surface area contributed by atoms with Gasteiger partial charge in [0.1, 0.15) is 5.56 Å². The van der Waals surface area contributed by atoms with E-state index in [0.717, 1.165) is 24.9 Å². The summed E-state index contributed by atoms with van der Waals surface area (Å²) in [4.78, 5) is 34.5. The van der Waals surface area contributed by atoms with Gasteiger partial charge < -0.3 is 14.6 Å². The first-order valence-electron chi connectivity index (χ1n) is 4.53. The number of nitrogens with zero attached hydrogens (tertiary/aromatic N) is 1. The Morgan fingerprint density at radius 2 is 1.76 bits per heavy atom. The largest absolute Gasteiger partial charge is 0.494 e. The molecule has 0 radical (unpaired) electrons. The fourth-order valence-corrected chi connectivity index (χ4v) is 1.26. The highest BCUT2D eigenvalue weighted by atomic mass is 16.5. The van der Waals surface area contributed by atoms with Gasteiger partial charge in [-0.3, -0.25) is 9.36 Å². The molecule has 0 unspecified atom stereocenters. The molecule has 0 fully saturated rings. The van der Waals surface area contributed by atoms with Crippen LogP contribution < -0.4 is 5.56 Å². The van der Waals surface area contributed by atoms with Crippen molar-refractivity contribution in [2.75, 3.05) is 14.2 Å². The van der Waals surface area contributed by atoms with Gasteiger partial charge in [0, 0.05) is 13.1 Å². The van der Waals surface area contributed by atoms with Crippen molar-refractivity contribution in [1.29, 1.82) is 0 Å². The molecule has 0 spiro atoms. The summed E-state index contributed by atoms with van der Waals surface area (Å²) in [7, 11) is 3.43. The smallest absolute Gasteiger partial charge is 0.344 e. The molecule has 1 heterocycles. The Labute approximate surface area is 96.2 Å². The third-order valence-electron chi connectivity index (χ3n) is 2.20. The van der Waals surface area contributed by atoms with Crippen LogP contribution >= 0.6 is 0 Å². The Balaban J connectivity index is 3.64. The van der Waals surface area contributed by atoms with Gasteiger partial charge in [-0.25, -0.2) is 9.59 Å². The standard InChI is InChI=1S/C10H11NO6/c1-11-6(12)4-5(9(14)16-2)7(8(11)13)10(15)17-3/h4,12H,1-3H3. The van der Waals surface area contributed by atoms with Crippen molar-refractivity contribution >= 4 is 11.9 Å². The molecule has 17 heavy (non-hydrogen) atoms. The van der Waals surface area contributed by atoms with Crippen molar-refractivity contribution in [1.82, 2.24) is 4.57 Å². The average Bonchev–Trinajstić information content (AvgIpc) is 2.33. The van der Waals surface area contributed by atoms with Crippen molar-refractivity contribution in [3.63, 3.8) is 0 Å². The number of methoxy groups -OCH3 is 2. The Kier molecular flexibility index (Phi) is 3.52. The maximum atomic E-state index is 11.7. The van der Waals surface area contributed by atoms with Crippen LogP contribution in [0.25, 0.3) is 0 Å². The highest BCUT2D eigenvalue weighted by molar-refractivity contribution is 6.03. The van der Waals surface area contributed by atoms with Gasteiger partial charge in [0.25, 0.3) is 5.56 Å². The fraction of sp³-hybridized carbons (Fsp3) is 0.300. The topological polar surface area (TPSA) is 94.8 Å². The molecular weight excluding hydrogens is 230 g/mol. The Hall–Kier alpha value is -2.31. The van der Waals surface area contributed by atoms with Crippen LogP contribution in [0.1, 0.15) is 20.7 Å². The van der Waals surface area contributed by atoms with E-state index in [1.54, 1.807) is 0 Å². The molecule has 0 saturated carbocycles. The number of hydrogen-bond donors (Lipinski definition) is 1. The number of esters is 2. The molecule has 1 N–H and O–H groups in total. The van der Waals surface area contributed by atoms with E-state index in [9.17, 15) is 19.5 Å². The molecule has 0 atom stereocenters. The van der Waals surface area contributed by atoms with E-state index in [-0.39, 0.29) is 5.56 Å². The predicted molar refractivity (Wildman–Crippen MR) is 56.0 cm³/mol. The average molecular weight is 241 g/mol. The second-order valence-electron chi connectivity index (χ2n) is 3.14. The lowest BCUT2D eigenvalue weighted by molar-refractivity contribution is 0.0552. The summed E-state index contributed by atoms with van der Waals surface area (Å²) in [6.45, 7) is 0. The number of hydrogen-bond acceptors (Lipinski definition) is 6. The van der Waals surface area contributed by atoms with Crippen LogP contribution in [-0.4, -0.2) is 35.8 Å². The van der Waals surface area contributed by atoms with Gasteiger partial charge in [0.05, 0.1) is 19.8 Å². The number of rotatable bonds is 2. The minimum absolute atomic E-state index is 0.333. The molecule has 0 aliphatic heterocycles. The van der Waals surface area contributed by atoms with Gasteiger partial charge in [0.15, 0.2) is 5.88 Å². The molecular formula is C10H11NO6.